The van der Waals surface area contributed by atoms with E-state index in [1.54, 1.807) is 6.33 Å². The van der Waals surface area contributed by atoms with E-state index in [-0.39, 0.29) is 5.75 Å². The predicted octanol–water partition coefficient (Wildman–Crippen LogP) is -0.301. The summed E-state index contributed by atoms with van der Waals surface area (Å²) < 4.78 is 24.1. The van der Waals surface area contributed by atoms with Crippen LogP contribution in [0.15, 0.2) is 6.33 Å². The maximum absolute atomic E-state index is 11.4. The average Bonchev–Trinajstić information content (AvgIpc) is 2.59. The van der Waals surface area contributed by atoms with Crippen LogP contribution >= 0.6 is 0 Å². The van der Waals surface area contributed by atoms with Gasteiger partial charge in [0.25, 0.3) is 0 Å². The SMILES string of the molecule is Cc1[nH]cnc1CNCCS(=O)(=O)N(C)C. The maximum atomic E-state index is 11.4. The lowest BCUT2D eigenvalue weighted by atomic mass is 10.3. The zero-order valence-corrected chi connectivity index (χ0v) is 10.6. The van der Waals surface area contributed by atoms with E-state index in [9.17, 15) is 8.42 Å². The molecule has 1 rings (SSSR count). The minimum Gasteiger partial charge on any atom is -0.348 e. The van der Waals surface area contributed by atoms with E-state index in [4.69, 9.17) is 0 Å². The van der Waals surface area contributed by atoms with Crippen molar-refractivity contribution in [3.8, 4) is 0 Å². The smallest absolute Gasteiger partial charge is 0.214 e. The summed E-state index contributed by atoms with van der Waals surface area (Å²) in [7, 11) is -0.0369. The van der Waals surface area contributed by atoms with Crippen molar-refractivity contribution < 1.29 is 8.42 Å². The van der Waals surface area contributed by atoms with Crippen LogP contribution in [0.1, 0.15) is 11.4 Å². The normalized spacial score (nSPS) is 12.2. The Morgan fingerprint density at radius 1 is 1.50 bits per heavy atom. The van der Waals surface area contributed by atoms with Gasteiger partial charge in [0.05, 0.1) is 17.8 Å². The van der Waals surface area contributed by atoms with Crippen molar-refractivity contribution in [1.82, 2.24) is 19.6 Å². The van der Waals surface area contributed by atoms with E-state index in [1.807, 2.05) is 6.92 Å². The monoisotopic (exact) mass is 246 g/mol. The minimum atomic E-state index is -3.11. The number of H-pyrrole nitrogens is 1. The molecular weight excluding hydrogens is 228 g/mol. The predicted molar refractivity (Wildman–Crippen MR) is 62.5 cm³/mol. The van der Waals surface area contributed by atoms with Crippen molar-refractivity contribution in [3.05, 3.63) is 17.7 Å². The van der Waals surface area contributed by atoms with Crippen LogP contribution in [0.3, 0.4) is 0 Å². The highest BCUT2D eigenvalue weighted by Gasteiger charge is 2.12. The summed E-state index contributed by atoms with van der Waals surface area (Å²) in [6, 6.07) is 0. The molecular formula is C9H18N4O2S. The number of hydrogen-bond acceptors (Lipinski definition) is 4. The Labute approximate surface area is 96.1 Å². The van der Waals surface area contributed by atoms with Gasteiger partial charge in [-0.05, 0) is 6.92 Å². The third-order valence-corrected chi connectivity index (χ3v) is 4.15. The highest BCUT2D eigenvalue weighted by Crippen LogP contribution is 1.99. The van der Waals surface area contributed by atoms with Crippen molar-refractivity contribution in [2.75, 3.05) is 26.4 Å². The van der Waals surface area contributed by atoms with Gasteiger partial charge in [-0.25, -0.2) is 17.7 Å². The number of aryl methyl sites for hydroxylation is 1. The maximum Gasteiger partial charge on any atom is 0.214 e. The van der Waals surface area contributed by atoms with Gasteiger partial charge in [-0.3, -0.25) is 0 Å². The van der Waals surface area contributed by atoms with E-state index < -0.39 is 10.0 Å². The number of rotatable bonds is 6. The van der Waals surface area contributed by atoms with Crippen LogP contribution in [-0.2, 0) is 16.6 Å². The Morgan fingerprint density at radius 2 is 2.19 bits per heavy atom. The molecule has 16 heavy (non-hydrogen) atoms. The van der Waals surface area contributed by atoms with Crippen molar-refractivity contribution in [3.63, 3.8) is 0 Å². The van der Waals surface area contributed by atoms with Crippen molar-refractivity contribution >= 4 is 10.0 Å². The molecule has 1 aromatic rings. The van der Waals surface area contributed by atoms with E-state index in [0.717, 1.165) is 11.4 Å². The van der Waals surface area contributed by atoms with Gasteiger partial charge in [-0.2, -0.15) is 0 Å². The first-order valence-corrected chi connectivity index (χ1v) is 6.64. The molecule has 0 saturated carbocycles. The molecule has 0 radical (unpaired) electrons. The molecule has 0 unspecified atom stereocenters. The Morgan fingerprint density at radius 3 is 2.69 bits per heavy atom. The zero-order valence-electron chi connectivity index (χ0n) is 9.82. The quantitative estimate of drug-likeness (QED) is 0.676. The molecule has 7 heteroatoms. The van der Waals surface area contributed by atoms with Crippen molar-refractivity contribution in [2.24, 2.45) is 0 Å². The standard InChI is InChI=1S/C9H18N4O2S/c1-8-9(12-7-11-8)6-10-4-5-16(14,15)13(2)3/h7,10H,4-6H2,1-3H3,(H,11,12). The third-order valence-electron chi connectivity index (χ3n) is 2.32. The molecule has 0 aliphatic rings. The van der Waals surface area contributed by atoms with Crippen molar-refractivity contribution in [1.29, 1.82) is 0 Å². The Balaban J connectivity index is 2.30. The average molecular weight is 246 g/mol. The van der Waals surface area contributed by atoms with Crippen LogP contribution in [0.5, 0.6) is 0 Å². The summed E-state index contributed by atoms with van der Waals surface area (Å²) in [5.74, 6) is 0.101. The highest BCUT2D eigenvalue weighted by molar-refractivity contribution is 7.89. The van der Waals surface area contributed by atoms with E-state index in [1.165, 1.54) is 18.4 Å². The number of nitrogens with zero attached hydrogens (tertiary/aromatic N) is 2. The Kier molecular flexibility index (Phi) is 4.45. The summed E-state index contributed by atoms with van der Waals surface area (Å²) >= 11 is 0. The number of aromatic nitrogens is 2. The Hall–Kier alpha value is -0.920. The molecule has 1 aromatic heterocycles. The lowest BCUT2D eigenvalue weighted by Gasteiger charge is -2.11. The van der Waals surface area contributed by atoms with Gasteiger partial charge in [-0.1, -0.05) is 0 Å². The van der Waals surface area contributed by atoms with Crippen molar-refractivity contribution in [2.45, 2.75) is 13.5 Å². The third kappa shape index (κ3) is 3.58. The van der Waals surface area contributed by atoms with E-state index in [0.29, 0.717) is 13.1 Å². The zero-order chi connectivity index (χ0) is 12.2. The van der Waals surface area contributed by atoms with Gasteiger partial charge in [-0.15, -0.1) is 0 Å². The molecule has 0 aliphatic carbocycles. The van der Waals surface area contributed by atoms with Gasteiger partial charge >= 0.3 is 0 Å². The van der Waals surface area contributed by atoms with Crippen LogP contribution in [0.4, 0.5) is 0 Å². The lowest BCUT2D eigenvalue weighted by molar-refractivity contribution is 0.517. The first kappa shape index (κ1) is 13.1. The fourth-order valence-electron chi connectivity index (χ4n) is 1.16. The first-order valence-electron chi connectivity index (χ1n) is 5.03. The molecule has 0 aliphatic heterocycles. The van der Waals surface area contributed by atoms with Crippen LogP contribution in [0, 0.1) is 6.92 Å². The lowest BCUT2D eigenvalue weighted by Crippen LogP contribution is -2.31. The fourth-order valence-corrected chi connectivity index (χ4v) is 1.92. The molecule has 2 N–H and O–H groups in total. The van der Waals surface area contributed by atoms with Gasteiger partial charge in [0.15, 0.2) is 0 Å². The van der Waals surface area contributed by atoms with E-state index in [2.05, 4.69) is 15.3 Å². The molecule has 0 saturated heterocycles. The number of imidazole rings is 1. The molecule has 1 heterocycles. The number of aromatic amines is 1. The molecule has 0 spiro atoms. The summed E-state index contributed by atoms with van der Waals surface area (Å²) in [5, 5.41) is 3.05. The number of hydrogen-bond donors (Lipinski definition) is 2. The highest BCUT2D eigenvalue weighted by atomic mass is 32.2. The van der Waals surface area contributed by atoms with Gasteiger partial charge in [0, 0.05) is 32.9 Å². The van der Waals surface area contributed by atoms with Crippen LogP contribution in [0.2, 0.25) is 0 Å². The summed E-state index contributed by atoms with van der Waals surface area (Å²) in [5.41, 5.74) is 1.92. The second-order valence-corrected chi connectivity index (χ2v) is 6.05. The summed E-state index contributed by atoms with van der Waals surface area (Å²) in [6.45, 7) is 2.94. The van der Waals surface area contributed by atoms with Gasteiger partial charge in [0.2, 0.25) is 10.0 Å². The van der Waals surface area contributed by atoms with E-state index >= 15 is 0 Å². The number of nitrogens with one attached hydrogen (secondary N) is 2. The second kappa shape index (κ2) is 5.42. The molecule has 0 fully saturated rings. The topological polar surface area (TPSA) is 78.1 Å². The van der Waals surface area contributed by atoms with Crippen LogP contribution in [-0.4, -0.2) is 49.1 Å². The summed E-state index contributed by atoms with van der Waals surface area (Å²) in [6.07, 6.45) is 1.63. The largest absolute Gasteiger partial charge is 0.348 e. The second-order valence-electron chi connectivity index (χ2n) is 3.75. The Bertz CT molecular complexity index is 424. The van der Waals surface area contributed by atoms with Crippen LogP contribution < -0.4 is 5.32 Å². The van der Waals surface area contributed by atoms with Gasteiger partial charge in [0.1, 0.15) is 0 Å². The number of sulfonamides is 1. The molecule has 0 bridgehead atoms. The molecule has 0 atom stereocenters. The minimum absolute atomic E-state index is 0.101. The van der Waals surface area contributed by atoms with Gasteiger partial charge < -0.3 is 10.3 Å². The van der Waals surface area contributed by atoms with Crippen LogP contribution in [0.25, 0.3) is 0 Å². The first-order chi connectivity index (χ1) is 7.43. The molecule has 0 aromatic carbocycles. The summed E-state index contributed by atoms with van der Waals surface area (Å²) in [4.78, 5) is 7.07. The molecule has 0 amide bonds. The fraction of sp³-hybridized carbons (Fsp3) is 0.667. The molecule has 92 valence electrons. The molecule has 6 nitrogen and oxygen atoms in total.